The molecular weight excluding hydrogens is 448 g/mol. The van der Waals surface area contributed by atoms with Gasteiger partial charge in [0, 0.05) is 29.0 Å². The Labute approximate surface area is 213 Å². The van der Waals surface area contributed by atoms with E-state index in [1.807, 2.05) is 18.3 Å². The molecule has 1 N–H and O–H groups in total. The Morgan fingerprint density at radius 3 is 2.20 bits per heavy atom. The van der Waals surface area contributed by atoms with Gasteiger partial charge in [-0.05, 0) is 124 Å². The molecule has 0 spiro atoms. The second-order valence-corrected chi connectivity index (χ2v) is 10.2. The molecule has 35 heavy (non-hydrogen) atoms. The molecule has 0 aliphatic carbocycles. The van der Waals surface area contributed by atoms with E-state index in [4.69, 9.17) is 17.2 Å². The molecule has 1 saturated heterocycles. The van der Waals surface area contributed by atoms with Crippen LogP contribution >= 0.6 is 12.2 Å². The van der Waals surface area contributed by atoms with Crippen LogP contribution in [0.2, 0.25) is 0 Å². The summed E-state index contributed by atoms with van der Waals surface area (Å²) in [4.78, 5) is 6.99. The Balaban J connectivity index is 1.70. The van der Waals surface area contributed by atoms with Crippen molar-refractivity contribution in [1.29, 1.82) is 0 Å². The standard InChI is InChI=1S/C30H32N4S/c1-18-13-19(2)15-25(14-18)33-22(5)17-26(23(33)6)29-28(27-9-7-8-12-31-27)32-30(35)34(29)24-11-10-20(3)21(4)16-24/h7-17,28-29H,1-6H3,(H,32,35)/t28-,29+/m1/s1. The van der Waals surface area contributed by atoms with Gasteiger partial charge >= 0.3 is 0 Å². The van der Waals surface area contributed by atoms with Crippen LogP contribution in [0.15, 0.2) is 66.9 Å². The van der Waals surface area contributed by atoms with Gasteiger partial charge in [0.05, 0.1) is 17.8 Å². The maximum atomic E-state index is 5.94. The van der Waals surface area contributed by atoms with Crippen LogP contribution in [0.3, 0.4) is 0 Å². The number of thiocarbonyl (C=S) groups is 1. The number of hydrogen-bond acceptors (Lipinski definition) is 2. The molecule has 2 aromatic heterocycles. The van der Waals surface area contributed by atoms with Crippen molar-refractivity contribution in [3.63, 3.8) is 0 Å². The van der Waals surface area contributed by atoms with Crippen LogP contribution in [0.1, 0.15) is 57.0 Å². The lowest BCUT2D eigenvalue weighted by molar-refractivity contribution is 0.565. The van der Waals surface area contributed by atoms with Gasteiger partial charge < -0.3 is 14.8 Å². The predicted molar refractivity (Wildman–Crippen MR) is 149 cm³/mol. The first-order valence-corrected chi connectivity index (χ1v) is 12.5. The van der Waals surface area contributed by atoms with Crippen molar-refractivity contribution in [2.75, 3.05) is 4.90 Å². The number of benzene rings is 2. The normalized spacial score (nSPS) is 17.7. The fourth-order valence-corrected chi connectivity index (χ4v) is 5.73. The Bertz CT molecular complexity index is 1400. The molecule has 4 nitrogen and oxygen atoms in total. The average Bonchev–Trinajstić information content (AvgIpc) is 3.31. The maximum absolute atomic E-state index is 5.94. The Morgan fingerprint density at radius 1 is 0.800 bits per heavy atom. The number of pyridine rings is 1. The van der Waals surface area contributed by atoms with Crippen molar-refractivity contribution in [3.05, 3.63) is 112 Å². The summed E-state index contributed by atoms with van der Waals surface area (Å²) in [7, 11) is 0. The smallest absolute Gasteiger partial charge is 0.174 e. The Kier molecular flexibility index (Phi) is 5.97. The van der Waals surface area contributed by atoms with E-state index in [1.54, 1.807) is 0 Å². The molecule has 1 fully saturated rings. The molecule has 5 rings (SSSR count). The molecule has 0 saturated carbocycles. The van der Waals surface area contributed by atoms with E-state index in [-0.39, 0.29) is 12.1 Å². The fourth-order valence-electron chi connectivity index (χ4n) is 5.39. The second-order valence-electron chi connectivity index (χ2n) is 9.77. The van der Waals surface area contributed by atoms with Crippen LogP contribution in [-0.4, -0.2) is 14.7 Å². The molecule has 0 amide bonds. The van der Waals surface area contributed by atoms with E-state index in [1.165, 1.54) is 44.9 Å². The summed E-state index contributed by atoms with van der Waals surface area (Å²) in [5, 5.41) is 4.33. The zero-order valence-electron chi connectivity index (χ0n) is 21.3. The molecule has 2 aromatic carbocycles. The van der Waals surface area contributed by atoms with Crippen molar-refractivity contribution >= 4 is 23.0 Å². The number of aryl methyl sites for hydroxylation is 5. The third-order valence-corrected chi connectivity index (χ3v) is 7.43. The van der Waals surface area contributed by atoms with Crippen LogP contribution in [0.25, 0.3) is 5.69 Å². The number of rotatable bonds is 4. The van der Waals surface area contributed by atoms with Gasteiger partial charge in [0.1, 0.15) is 0 Å². The third kappa shape index (κ3) is 4.14. The number of hydrogen-bond donors (Lipinski definition) is 1. The molecule has 0 unspecified atom stereocenters. The lowest BCUT2D eigenvalue weighted by Gasteiger charge is -2.28. The maximum Gasteiger partial charge on any atom is 0.174 e. The highest BCUT2D eigenvalue weighted by molar-refractivity contribution is 7.80. The van der Waals surface area contributed by atoms with Crippen LogP contribution < -0.4 is 10.2 Å². The quantitative estimate of drug-likeness (QED) is 0.322. The van der Waals surface area contributed by atoms with Crippen LogP contribution in [0.5, 0.6) is 0 Å². The average molecular weight is 481 g/mol. The molecular formula is C30H32N4S. The minimum atomic E-state index is -0.0569. The summed E-state index contributed by atoms with van der Waals surface area (Å²) in [6, 6.07) is 21.6. The monoisotopic (exact) mass is 480 g/mol. The Morgan fingerprint density at radius 2 is 1.54 bits per heavy atom. The molecule has 0 bridgehead atoms. The van der Waals surface area contributed by atoms with Gasteiger partial charge in [-0.25, -0.2) is 0 Å². The molecule has 5 heteroatoms. The zero-order valence-corrected chi connectivity index (χ0v) is 22.1. The molecule has 3 heterocycles. The fraction of sp³-hybridized carbons (Fsp3) is 0.267. The van der Waals surface area contributed by atoms with E-state index in [2.05, 4.69) is 105 Å². The highest BCUT2D eigenvalue weighted by Crippen LogP contribution is 2.44. The lowest BCUT2D eigenvalue weighted by Crippen LogP contribution is -2.29. The van der Waals surface area contributed by atoms with Gasteiger partial charge in [-0.2, -0.15) is 0 Å². The largest absolute Gasteiger partial charge is 0.351 e. The summed E-state index contributed by atoms with van der Waals surface area (Å²) >= 11 is 5.94. The first kappa shape index (κ1) is 23.3. The third-order valence-electron chi connectivity index (χ3n) is 7.12. The van der Waals surface area contributed by atoms with Crippen LogP contribution in [0.4, 0.5) is 5.69 Å². The number of nitrogens with zero attached hydrogens (tertiary/aromatic N) is 3. The van der Waals surface area contributed by atoms with Crippen molar-refractivity contribution in [2.45, 2.75) is 53.6 Å². The summed E-state index contributed by atoms with van der Waals surface area (Å²) < 4.78 is 2.37. The van der Waals surface area contributed by atoms with Gasteiger partial charge in [0.2, 0.25) is 0 Å². The molecule has 4 aromatic rings. The van der Waals surface area contributed by atoms with Gasteiger partial charge in [0.15, 0.2) is 5.11 Å². The van der Waals surface area contributed by atoms with Crippen molar-refractivity contribution in [2.24, 2.45) is 0 Å². The van der Waals surface area contributed by atoms with Crippen molar-refractivity contribution < 1.29 is 0 Å². The van der Waals surface area contributed by atoms with Crippen LogP contribution in [-0.2, 0) is 0 Å². The highest BCUT2D eigenvalue weighted by atomic mass is 32.1. The number of anilines is 1. The zero-order chi connectivity index (χ0) is 24.9. The SMILES string of the molecule is Cc1cc(C)cc(-n2c(C)cc([C@H]3[C@@H](c4ccccn4)NC(=S)N3c3ccc(C)c(C)c3)c2C)c1. The number of aromatic nitrogens is 2. The molecule has 178 valence electrons. The van der Waals surface area contributed by atoms with E-state index in [0.717, 1.165) is 16.5 Å². The Hall–Kier alpha value is -3.44. The summed E-state index contributed by atoms with van der Waals surface area (Å²) in [6.07, 6.45) is 1.86. The lowest BCUT2D eigenvalue weighted by atomic mass is 9.96. The van der Waals surface area contributed by atoms with E-state index < -0.39 is 0 Å². The minimum Gasteiger partial charge on any atom is -0.351 e. The van der Waals surface area contributed by atoms with E-state index in [0.29, 0.717) is 0 Å². The second kappa shape index (κ2) is 8.97. The van der Waals surface area contributed by atoms with E-state index in [9.17, 15) is 0 Å². The summed E-state index contributed by atoms with van der Waals surface area (Å²) in [5.74, 6) is 0. The number of nitrogens with one attached hydrogen (secondary N) is 1. The highest BCUT2D eigenvalue weighted by Gasteiger charge is 2.42. The summed E-state index contributed by atoms with van der Waals surface area (Å²) in [6.45, 7) is 13.0. The van der Waals surface area contributed by atoms with Gasteiger partial charge in [0.25, 0.3) is 0 Å². The summed E-state index contributed by atoms with van der Waals surface area (Å²) in [5.41, 5.74) is 12.0. The molecule has 1 aliphatic heterocycles. The molecule has 1 aliphatic rings. The van der Waals surface area contributed by atoms with Gasteiger partial charge in [-0.1, -0.05) is 18.2 Å². The predicted octanol–water partition coefficient (Wildman–Crippen LogP) is 6.90. The first-order chi connectivity index (χ1) is 16.7. The van der Waals surface area contributed by atoms with Crippen molar-refractivity contribution in [1.82, 2.24) is 14.9 Å². The van der Waals surface area contributed by atoms with Gasteiger partial charge in [-0.15, -0.1) is 0 Å². The van der Waals surface area contributed by atoms with Crippen molar-refractivity contribution in [3.8, 4) is 5.69 Å². The van der Waals surface area contributed by atoms with E-state index >= 15 is 0 Å². The van der Waals surface area contributed by atoms with Gasteiger partial charge in [-0.3, -0.25) is 4.98 Å². The van der Waals surface area contributed by atoms with Crippen LogP contribution in [0, 0.1) is 41.5 Å². The molecule has 2 atom stereocenters. The first-order valence-electron chi connectivity index (χ1n) is 12.1. The minimum absolute atomic E-state index is 0.0228. The topological polar surface area (TPSA) is 33.1 Å². The molecule has 0 radical (unpaired) electrons.